The zero-order valence-electron chi connectivity index (χ0n) is 6.89. The van der Waals surface area contributed by atoms with Gasteiger partial charge in [-0.2, -0.15) is 22.0 Å². The minimum atomic E-state index is -5.67. The average Bonchev–Trinajstić information content (AvgIpc) is 2.01. The van der Waals surface area contributed by atoms with E-state index in [1.807, 2.05) is 0 Å². The Kier molecular flexibility index (Phi) is 4.69. The van der Waals surface area contributed by atoms with E-state index in [2.05, 4.69) is 4.74 Å². The quantitative estimate of drug-likeness (QED) is 0.670. The molecule has 0 rings (SSSR count). The van der Waals surface area contributed by atoms with Gasteiger partial charge < -0.3 is 14.9 Å². The minimum Gasteiger partial charge on any atom is -0.394 e. The summed E-state index contributed by atoms with van der Waals surface area (Å²) >= 11 is 0. The molecule has 0 bridgehead atoms. The third-order valence-electron chi connectivity index (χ3n) is 1.22. The van der Waals surface area contributed by atoms with Crippen LogP contribution >= 0.6 is 0 Å². The zero-order chi connectivity index (χ0) is 11.4. The SMILES string of the molecule is OCC(O)COCC(F)(F)C(F)(F)F. The molecule has 8 heteroatoms. The Labute approximate surface area is 76.1 Å². The highest BCUT2D eigenvalue weighted by molar-refractivity contribution is 4.75. The van der Waals surface area contributed by atoms with Crippen molar-refractivity contribution in [1.82, 2.24) is 0 Å². The molecule has 0 aromatic heterocycles. The molecule has 0 aliphatic heterocycles. The van der Waals surface area contributed by atoms with E-state index < -0.39 is 38.0 Å². The maximum Gasteiger partial charge on any atom is 0.455 e. The van der Waals surface area contributed by atoms with Gasteiger partial charge in [-0.15, -0.1) is 0 Å². The van der Waals surface area contributed by atoms with E-state index in [1.165, 1.54) is 0 Å². The van der Waals surface area contributed by atoms with Gasteiger partial charge in [-0.25, -0.2) is 0 Å². The van der Waals surface area contributed by atoms with Crippen LogP contribution in [0, 0.1) is 0 Å². The molecule has 86 valence electrons. The van der Waals surface area contributed by atoms with Crippen molar-refractivity contribution in [2.24, 2.45) is 0 Å². The number of halogens is 5. The maximum atomic E-state index is 12.1. The topological polar surface area (TPSA) is 49.7 Å². The third kappa shape index (κ3) is 4.16. The molecule has 1 unspecified atom stereocenters. The number of rotatable bonds is 5. The fourth-order valence-corrected chi connectivity index (χ4v) is 0.458. The zero-order valence-corrected chi connectivity index (χ0v) is 6.89. The van der Waals surface area contributed by atoms with Crippen molar-refractivity contribution in [3.8, 4) is 0 Å². The summed E-state index contributed by atoms with van der Waals surface area (Å²) in [7, 11) is 0. The minimum absolute atomic E-state index is 0.766. The van der Waals surface area contributed by atoms with Crippen LogP contribution in [-0.4, -0.2) is 48.2 Å². The van der Waals surface area contributed by atoms with Crippen molar-refractivity contribution < 1.29 is 36.9 Å². The summed E-state index contributed by atoms with van der Waals surface area (Å²) < 4.78 is 62.6. The fraction of sp³-hybridized carbons (Fsp3) is 1.00. The largest absolute Gasteiger partial charge is 0.455 e. The molecule has 14 heavy (non-hydrogen) atoms. The Balaban J connectivity index is 3.89. The van der Waals surface area contributed by atoms with Crippen LogP contribution < -0.4 is 0 Å². The molecule has 3 nitrogen and oxygen atoms in total. The van der Waals surface area contributed by atoms with E-state index in [0.29, 0.717) is 0 Å². The lowest BCUT2D eigenvalue weighted by molar-refractivity contribution is -0.298. The number of aliphatic hydroxyl groups excluding tert-OH is 2. The molecular weight excluding hydrogens is 215 g/mol. The van der Waals surface area contributed by atoms with Crippen molar-refractivity contribution in [2.45, 2.75) is 18.2 Å². The number of hydrogen-bond acceptors (Lipinski definition) is 3. The van der Waals surface area contributed by atoms with Crippen molar-refractivity contribution in [3.63, 3.8) is 0 Å². The molecule has 0 heterocycles. The van der Waals surface area contributed by atoms with Gasteiger partial charge in [-0.05, 0) is 0 Å². The van der Waals surface area contributed by atoms with Gasteiger partial charge in [0.1, 0.15) is 12.7 Å². The lowest BCUT2D eigenvalue weighted by atomic mass is 10.3. The van der Waals surface area contributed by atoms with Gasteiger partial charge in [0.25, 0.3) is 0 Å². The molecule has 0 aromatic carbocycles. The van der Waals surface area contributed by atoms with E-state index in [-0.39, 0.29) is 0 Å². The first-order valence-corrected chi connectivity index (χ1v) is 3.52. The molecule has 1 atom stereocenters. The van der Waals surface area contributed by atoms with Crippen LogP contribution in [0.3, 0.4) is 0 Å². The maximum absolute atomic E-state index is 12.1. The van der Waals surface area contributed by atoms with E-state index in [1.54, 1.807) is 0 Å². The highest BCUT2D eigenvalue weighted by atomic mass is 19.4. The van der Waals surface area contributed by atoms with Crippen molar-refractivity contribution in [1.29, 1.82) is 0 Å². The predicted molar refractivity (Wildman–Crippen MR) is 34.9 cm³/mol. The first-order chi connectivity index (χ1) is 6.20. The van der Waals surface area contributed by atoms with Crippen molar-refractivity contribution in [3.05, 3.63) is 0 Å². The summed E-state index contributed by atoms with van der Waals surface area (Å²) in [6, 6.07) is 0. The molecule has 0 aromatic rings. The Morgan fingerprint density at radius 3 is 2.00 bits per heavy atom. The normalized spacial score (nSPS) is 15.6. The van der Waals surface area contributed by atoms with Crippen LogP contribution in [0.15, 0.2) is 0 Å². The van der Waals surface area contributed by atoms with Gasteiger partial charge in [0.15, 0.2) is 0 Å². The second-order valence-corrected chi connectivity index (χ2v) is 2.55. The van der Waals surface area contributed by atoms with Crippen molar-refractivity contribution >= 4 is 0 Å². The first kappa shape index (κ1) is 13.5. The number of hydrogen-bond donors (Lipinski definition) is 2. The van der Waals surface area contributed by atoms with Gasteiger partial charge in [-0.3, -0.25) is 0 Å². The molecule has 0 radical (unpaired) electrons. The molecule has 0 saturated carbocycles. The average molecular weight is 224 g/mol. The molecule has 0 spiro atoms. The van der Waals surface area contributed by atoms with Gasteiger partial charge in [0.05, 0.1) is 13.2 Å². The Hall–Kier alpha value is -0.470. The summed E-state index contributed by atoms with van der Waals surface area (Å²) in [5.74, 6) is -4.94. The highest BCUT2D eigenvalue weighted by Crippen LogP contribution is 2.35. The number of aliphatic hydroxyl groups is 2. The molecule has 0 fully saturated rings. The van der Waals surface area contributed by atoms with E-state index in [9.17, 15) is 22.0 Å². The molecule has 0 amide bonds. The Bertz CT molecular complexity index is 169. The third-order valence-corrected chi connectivity index (χ3v) is 1.22. The second-order valence-electron chi connectivity index (χ2n) is 2.55. The summed E-state index contributed by atoms with van der Waals surface area (Å²) in [5.41, 5.74) is 0. The number of alkyl halides is 5. The summed E-state index contributed by atoms with van der Waals surface area (Å²) in [6.45, 7) is -3.41. The molecule has 2 N–H and O–H groups in total. The van der Waals surface area contributed by atoms with Crippen LogP contribution in [0.1, 0.15) is 0 Å². The van der Waals surface area contributed by atoms with Gasteiger partial charge in [-0.1, -0.05) is 0 Å². The highest BCUT2D eigenvalue weighted by Gasteiger charge is 2.57. The Morgan fingerprint density at radius 1 is 1.14 bits per heavy atom. The van der Waals surface area contributed by atoms with Crippen molar-refractivity contribution in [2.75, 3.05) is 19.8 Å². The van der Waals surface area contributed by atoms with Crippen LogP contribution in [0.2, 0.25) is 0 Å². The summed E-state index contributed by atoms with van der Waals surface area (Å²) in [4.78, 5) is 0. The summed E-state index contributed by atoms with van der Waals surface area (Å²) in [5, 5.41) is 16.7. The second kappa shape index (κ2) is 4.85. The monoisotopic (exact) mass is 224 g/mol. The number of ether oxygens (including phenoxy) is 1. The fourth-order valence-electron chi connectivity index (χ4n) is 0.458. The van der Waals surface area contributed by atoms with E-state index >= 15 is 0 Å². The Morgan fingerprint density at radius 2 is 1.64 bits per heavy atom. The smallest absolute Gasteiger partial charge is 0.394 e. The van der Waals surface area contributed by atoms with Gasteiger partial charge in [0, 0.05) is 0 Å². The lowest BCUT2D eigenvalue weighted by Crippen LogP contribution is -2.41. The molecule has 0 aliphatic carbocycles. The first-order valence-electron chi connectivity index (χ1n) is 3.52. The van der Waals surface area contributed by atoms with Crippen LogP contribution in [0.25, 0.3) is 0 Å². The van der Waals surface area contributed by atoms with Gasteiger partial charge in [0.2, 0.25) is 0 Å². The van der Waals surface area contributed by atoms with E-state index in [4.69, 9.17) is 10.2 Å². The van der Waals surface area contributed by atoms with Gasteiger partial charge >= 0.3 is 12.1 Å². The van der Waals surface area contributed by atoms with E-state index in [0.717, 1.165) is 0 Å². The van der Waals surface area contributed by atoms with Crippen LogP contribution in [-0.2, 0) is 4.74 Å². The molecular formula is C6H9F5O3. The summed E-state index contributed by atoms with van der Waals surface area (Å²) in [6.07, 6.45) is -7.13. The van der Waals surface area contributed by atoms with Crippen LogP contribution in [0.5, 0.6) is 0 Å². The molecule has 0 saturated heterocycles. The molecule has 0 aliphatic rings. The van der Waals surface area contributed by atoms with Crippen LogP contribution in [0.4, 0.5) is 22.0 Å². The predicted octanol–water partition coefficient (Wildman–Crippen LogP) is 0.554. The lowest BCUT2D eigenvalue weighted by Gasteiger charge is -2.19. The standard InChI is InChI=1S/C6H9F5O3/c7-5(8,6(9,10)11)3-14-2-4(13)1-12/h4,12-13H,1-3H2.